The van der Waals surface area contributed by atoms with E-state index in [1.807, 2.05) is 30.3 Å². The van der Waals surface area contributed by atoms with Gasteiger partial charge < -0.3 is 10.6 Å². The van der Waals surface area contributed by atoms with E-state index in [2.05, 4.69) is 10.6 Å². The molecular weight excluding hydrogens is 240 g/mol. The van der Waals surface area contributed by atoms with E-state index >= 15 is 0 Å². The van der Waals surface area contributed by atoms with Gasteiger partial charge in [0.1, 0.15) is 0 Å². The molecule has 1 saturated carbocycles. The predicted octanol–water partition coefficient (Wildman–Crippen LogP) is 1.40. The van der Waals surface area contributed by atoms with Gasteiger partial charge in [0.2, 0.25) is 11.8 Å². The number of benzene rings is 1. The summed E-state index contributed by atoms with van der Waals surface area (Å²) >= 11 is 0. The maximum absolute atomic E-state index is 11.7. The molecule has 0 unspecified atom stereocenters. The molecule has 0 heterocycles. The highest BCUT2D eigenvalue weighted by molar-refractivity contribution is 5.85. The van der Waals surface area contributed by atoms with E-state index < -0.39 is 0 Å². The Kier molecular flexibility index (Phi) is 4.95. The summed E-state index contributed by atoms with van der Waals surface area (Å²) in [6.07, 6.45) is 4.81. The number of nitrogens with one attached hydrogen (secondary N) is 2. The molecule has 19 heavy (non-hydrogen) atoms. The molecule has 0 saturated heterocycles. The second kappa shape index (κ2) is 6.92. The number of amides is 2. The van der Waals surface area contributed by atoms with Crippen LogP contribution in [0.1, 0.15) is 31.2 Å². The third kappa shape index (κ3) is 4.73. The van der Waals surface area contributed by atoms with Crippen molar-refractivity contribution in [1.29, 1.82) is 0 Å². The fourth-order valence-corrected chi connectivity index (χ4v) is 2.37. The molecule has 0 aromatic heterocycles. The second-order valence-corrected chi connectivity index (χ2v) is 4.99. The smallest absolute Gasteiger partial charge is 0.239 e. The lowest BCUT2D eigenvalue weighted by molar-refractivity contribution is -0.126. The van der Waals surface area contributed by atoms with E-state index in [4.69, 9.17) is 0 Å². The summed E-state index contributed by atoms with van der Waals surface area (Å²) in [6, 6.07) is 9.82. The molecule has 0 atom stereocenters. The van der Waals surface area contributed by atoms with Crippen molar-refractivity contribution < 1.29 is 9.59 Å². The van der Waals surface area contributed by atoms with Crippen LogP contribution in [-0.2, 0) is 16.0 Å². The molecule has 102 valence electrons. The molecule has 4 nitrogen and oxygen atoms in total. The Morgan fingerprint density at radius 1 is 1.05 bits per heavy atom. The van der Waals surface area contributed by atoms with Crippen LogP contribution in [0, 0.1) is 0 Å². The fourth-order valence-electron chi connectivity index (χ4n) is 2.37. The van der Waals surface area contributed by atoms with E-state index in [9.17, 15) is 9.59 Å². The predicted molar refractivity (Wildman–Crippen MR) is 73.6 cm³/mol. The van der Waals surface area contributed by atoms with E-state index in [0.29, 0.717) is 12.5 Å². The van der Waals surface area contributed by atoms with E-state index in [1.165, 1.54) is 12.8 Å². The van der Waals surface area contributed by atoms with Crippen molar-refractivity contribution in [3.8, 4) is 0 Å². The summed E-state index contributed by atoms with van der Waals surface area (Å²) in [4.78, 5) is 23.3. The minimum Gasteiger partial charge on any atom is -0.352 e. The summed E-state index contributed by atoms with van der Waals surface area (Å²) in [6.45, 7) is 0.0716. The molecule has 1 aliphatic carbocycles. The van der Waals surface area contributed by atoms with Crippen LogP contribution in [0.2, 0.25) is 0 Å². The van der Waals surface area contributed by atoms with Crippen LogP contribution in [0.4, 0.5) is 0 Å². The largest absolute Gasteiger partial charge is 0.352 e. The van der Waals surface area contributed by atoms with Gasteiger partial charge in [0.15, 0.2) is 0 Å². The van der Waals surface area contributed by atoms with Crippen LogP contribution in [0.3, 0.4) is 0 Å². The first-order valence-electron chi connectivity index (χ1n) is 6.84. The lowest BCUT2D eigenvalue weighted by Gasteiger charge is -2.12. The Labute approximate surface area is 113 Å². The monoisotopic (exact) mass is 260 g/mol. The van der Waals surface area contributed by atoms with Crippen LogP contribution in [0.15, 0.2) is 30.3 Å². The summed E-state index contributed by atoms with van der Waals surface area (Å²) in [5.74, 6) is -0.207. The molecular formula is C15H20N2O2. The van der Waals surface area contributed by atoms with Gasteiger partial charge in [-0.2, -0.15) is 0 Å². The molecule has 4 heteroatoms. The van der Waals surface area contributed by atoms with Gasteiger partial charge in [0.25, 0.3) is 0 Å². The Balaban J connectivity index is 1.67. The molecule has 0 radical (unpaired) electrons. The van der Waals surface area contributed by atoms with Crippen molar-refractivity contribution in [2.45, 2.75) is 38.1 Å². The van der Waals surface area contributed by atoms with Gasteiger partial charge in [-0.05, 0) is 18.4 Å². The van der Waals surface area contributed by atoms with Crippen molar-refractivity contribution in [2.24, 2.45) is 0 Å². The zero-order valence-electron chi connectivity index (χ0n) is 11.0. The second-order valence-electron chi connectivity index (χ2n) is 4.99. The summed E-state index contributed by atoms with van der Waals surface area (Å²) in [5, 5.41) is 5.60. The van der Waals surface area contributed by atoms with Crippen molar-refractivity contribution in [1.82, 2.24) is 10.6 Å². The molecule has 1 aliphatic rings. The number of hydrogen-bond donors (Lipinski definition) is 2. The van der Waals surface area contributed by atoms with Gasteiger partial charge in [0.05, 0.1) is 13.0 Å². The molecule has 1 aromatic carbocycles. The van der Waals surface area contributed by atoms with Gasteiger partial charge in [-0.3, -0.25) is 9.59 Å². The van der Waals surface area contributed by atoms with Gasteiger partial charge in [-0.1, -0.05) is 43.2 Å². The van der Waals surface area contributed by atoms with E-state index in [1.54, 1.807) is 0 Å². The zero-order valence-corrected chi connectivity index (χ0v) is 11.0. The van der Waals surface area contributed by atoms with E-state index in [-0.39, 0.29) is 18.4 Å². The maximum Gasteiger partial charge on any atom is 0.239 e. The lowest BCUT2D eigenvalue weighted by Crippen LogP contribution is -2.41. The van der Waals surface area contributed by atoms with Crippen molar-refractivity contribution in [3.63, 3.8) is 0 Å². The van der Waals surface area contributed by atoms with Crippen LogP contribution in [0.5, 0.6) is 0 Å². The summed E-state index contributed by atoms with van der Waals surface area (Å²) in [7, 11) is 0. The van der Waals surface area contributed by atoms with Crippen molar-refractivity contribution in [2.75, 3.05) is 6.54 Å². The third-order valence-electron chi connectivity index (χ3n) is 3.37. The normalized spacial score (nSPS) is 15.2. The van der Waals surface area contributed by atoms with Crippen molar-refractivity contribution >= 4 is 11.8 Å². The van der Waals surface area contributed by atoms with Gasteiger partial charge in [-0.25, -0.2) is 0 Å². The van der Waals surface area contributed by atoms with Crippen LogP contribution < -0.4 is 10.6 Å². The first-order valence-corrected chi connectivity index (χ1v) is 6.84. The first kappa shape index (κ1) is 13.6. The molecule has 1 fully saturated rings. The van der Waals surface area contributed by atoms with Gasteiger partial charge in [-0.15, -0.1) is 0 Å². The van der Waals surface area contributed by atoms with Crippen LogP contribution in [0.25, 0.3) is 0 Å². The quantitative estimate of drug-likeness (QED) is 0.841. The molecule has 2 N–H and O–H groups in total. The minimum atomic E-state index is -0.118. The Hall–Kier alpha value is -1.84. The standard InChI is InChI=1S/C15H20N2O2/c18-14(10-12-6-2-1-3-7-12)16-11-15(19)17-13-8-4-5-9-13/h1-3,6-7,13H,4-5,8-11H2,(H,16,18)(H,17,19). The van der Waals surface area contributed by atoms with Crippen molar-refractivity contribution in [3.05, 3.63) is 35.9 Å². The maximum atomic E-state index is 11.7. The Morgan fingerprint density at radius 2 is 1.74 bits per heavy atom. The molecule has 0 aliphatic heterocycles. The fraction of sp³-hybridized carbons (Fsp3) is 0.467. The highest BCUT2D eigenvalue weighted by Gasteiger charge is 2.17. The van der Waals surface area contributed by atoms with Crippen LogP contribution in [-0.4, -0.2) is 24.4 Å². The van der Waals surface area contributed by atoms with Gasteiger partial charge >= 0.3 is 0 Å². The highest BCUT2D eigenvalue weighted by atomic mass is 16.2. The Morgan fingerprint density at radius 3 is 2.42 bits per heavy atom. The lowest BCUT2D eigenvalue weighted by atomic mass is 10.1. The zero-order chi connectivity index (χ0) is 13.5. The van der Waals surface area contributed by atoms with Gasteiger partial charge in [0, 0.05) is 6.04 Å². The molecule has 0 bridgehead atoms. The molecule has 1 aromatic rings. The Bertz CT molecular complexity index is 425. The van der Waals surface area contributed by atoms with E-state index in [0.717, 1.165) is 18.4 Å². The SMILES string of the molecule is O=C(Cc1ccccc1)NCC(=O)NC1CCCC1. The van der Waals surface area contributed by atoms with Crippen LogP contribution >= 0.6 is 0 Å². The molecule has 2 amide bonds. The summed E-state index contributed by atoms with van der Waals surface area (Å²) < 4.78 is 0. The topological polar surface area (TPSA) is 58.2 Å². The number of rotatable bonds is 5. The average Bonchev–Trinajstić information content (AvgIpc) is 2.90. The number of carbonyl (C=O) groups is 2. The number of hydrogen-bond acceptors (Lipinski definition) is 2. The first-order chi connectivity index (χ1) is 9.24. The third-order valence-corrected chi connectivity index (χ3v) is 3.37. The summed E-state index contributed by atoms with van der Waals surface area (Å²) in [5.41, 5.74) is 0.955. The minimum absolute atomic E-state index is 0.0716. The molecule has 2 rings (SSSR count). The number of carbonyl (C=O) groups excluding carboxylic acids is 2. The average molecular weight is 260 g/mol. The highest BCUT2D eigenvalue weighted by Crippen LogP contribution is 2.17. The molecule has 0 spiro atoms.